The smallest absolute Gasteiger partial charge is 0.137 e. The highest BCUT2D eigenvalue weighted by Crippen LogP contribution is 2.34. The molecular weight excluding hydrogens is 210 g/mol. The average molecular weight is 229 g/mol. The highest BCUT2D eigenvalue weighted by Gasteiger charge is 2.38. The first-order valence-corrected chi connectivity index (χ1v) is 6.62. The minimum absolute atomic E-state index is 0.340. The summed E-state index contributed by atoms with van der Waals surface area (Å²) >= 11 is 0. The Labute approximate surface area is 103 Å². The second kappa shape index (κ2) is 4.61. The standard InChI is InChI=1S/C15H19NO/c17-15-8-4-7-13-10-16(11-14(13)15)9-12-5-2-1-3-6-12/h1-3,5-6,13-14H,4,7-11H2/t13-,14+/m0/s1. The van der Waals surface area contributed by atoms with E-state index in [4.69, 9.17) is 0 Å². The van der Waals surface area contributed by atoms with Crippen molar-refractivity contribution in [2.75, 3.05) is 13.1 Å². The molecule has 1 saturated carbocycles. The van der Waals surface area contributed by atoms with Crippen LogP contribution in [0.2, 0.25) is 0 Å². The molecule has 1 aromatic rings. The lowest BCUT2D eigenvalue weighted by atomic mass is 9.81. The summed E-state index contributed by atoms with van der Waals surface area (Å²) in [6.07, 6.45) is 3.18. The van der Waals surface area contributed by atoms with Crippen LogP contribution in [0, 0.1) is 11.8 Å². The van der Waals surface area contributed by atoms with Gasteiger partial charge in [0.2, 0.25) is 0 Å². The Hall–Kier alpha value is -1.15. The van der Waals surface area contributed by atoms with Gasteiger partial charge in [-0.1, -0.05) is 30.3 Å². The van der Waals surface area contributed by atoms with Gasteiger partial charge < -0.3 is 0 Å². The quantitative estimate of drug-likeness (QED) is 0.776. The lowest BCUT2D eigenvalue weighted by Gasteiger charge is -2.21. The van der Waals surface area contributed by atoms with Crippen molar-refractivity contribution in [3.63, 3.8) is 0 Å². The average Bonchev–Trinajstić information content (AvgIpc) is 2.74. The molecule has 0 bridgehead atoms. The number of fused-ring (bicyclic) bond motifs is 1. The van der Waals surface area contributed by atoms with Gasteiger partial charge >= 0.3 is 0 Å². The van der Waals surface area contributed by atoms with Crippen molar-refractivity contribution in [1.82, 2.24) is 4.90 Å². The minimum Gasteiger partial charge on any atom is -0.299 e. The minimum atomic E-state index is 0.340. The van der Waals surface area contributed by atoms with Crippen molar-refractivity contribution in [1.29, 1.82) is 0 Å². The first kappa shape index (κ1) is 11.0. The van der Waals surface area contributed by atoms with Gasteiger partial charge in [0.1, 0.15) is 5.78 Å². The zero-order valence-corrected chi connectivity index (χ0v) is 10.1. The molecule has 1 aliphatic heterocycles. The summed E-state index contributed by atoms with van der Waals surface area (Å²) in [4.78, 5) is 14.3. The molecule has 3 rings (SSSR count). The number of rotatable bonds is 2. The predicted octanol–water partition coefficient (Wildman–Crippen LogP) is 2.49. The van der Waals surface area contributed by atoms with Gasteiger partial charge in [-0.25, -0.2) is 0 Å². The molecule has 0 spiro atoms. The van der Waals surface area contributed by atoms with E-state index in [-0.39, 0.29) is 0 Å². The summed E-state index contributed by atoms with van der Waals surface area (Å²) in [5.74, 6) is 1.49. The fraction of sp³-hybridized carbons (Fsp3) is 0.533. The zero-order chi connectivity index (χ0) is 11.7. The van der Waals surface area contributed by atoms with E-state index < -0.39 is 0 Å². The van der Waals surface area contributed by atoms with Crippen LogP contribution in [-0.2, 0) is 11.3 Å². The highest BCUT2D eigenvalue weighted by molar-refractivity contribution is 5.82. The molecule has 1 aliphatic carbocycles. The summed E-state index contributed by atoms with van der Waals surface area (Å²) in [5.41, 5.74) is 1.36. The second-order valence-corrected chi connectivity index (χ2v) is 5.40. The summed E-state index contributed by atoms with van der Waals surface area (Å²) < 4.78 is 0. The van der Waals surface area contributed by atoms with Crippen LogP contribution in [0.3, 0.4) is 0 Å². The molecule has 2 atom stereocenters. The van der Waals surface area contributed by atoms with Crippen molar-refractivity contribution in [2.24, 2.45) is 11.8 Å². The van der Waals surface area contributed by atoms with Crippen LogP contribution in [0.15, 0.2) is 30.3 Å². The van der Waals surface area contributed by atoms with Gasteiger partial charge in [0, 0.05) is 32.0 Å². The number of nitrogens with zero attached hydrogens (tertiary/aromatic N) is 1. The van der Waals surface area contributed by atoms with Crippen molar-refractivity contribution < 1.29 is 4.79 Å². The van der Waals surface area contributed by atoms with E-state index in [0.717, 1.165) is 32.5 Å². The normalized spacial score (nSPS) is 29.3. The van der Waals surface area contributed by atoms with Gasteiger partial charge in [-0.05, 0) is 24.3 Å². The third-order valence-electron chi connectivity index (χ3n) is 4.18. The van der Waals surface area contributed by atoms with Gasteiger partial charge in [0.25, 0.3) is 0 Å². The van der Waals surface area contributed by atoms with Crippen molar-refractivity contribution in [3.8, 4) is 0 Å². The number of hydrogen-bond donors (Lipinski definition) is 0. The van der Waals surface area contributed by atoms with Crippen LogP contribution in [-0.4, -0.2) is 23.8 Å². The largest absolute Gasteiger partial charge is 0.299 e. The second-order valence-electron chi connectivity index (χ2n) is 5.40. The Balaban J connectivity index is 1.66. The molecule has 17 heavy (non-hydrogen) atoms. The van der Waals surface area contributed by atoms with E-state index in [9.17, 15) is 4.79 Å². The monoisotopic (exact) mass is 229 g/mol. The number of carbonyl (C=O) groups excluding carboxylic acids is 1. The molecule has 0 unspecified atom stereocenters. The highest BCUT2D eigenvalue weighted by atomic mass is 16.1. The Bertz CT molecular complexity index is 401. The number of ketones is 1. The third-order valence-corrected chi connectivity index (χ3v) is 4.18. The van der Waals surface area contributed by atoms with E-state index in [2.05, 4.69) is 35.2 Å². The zero-order valence-electron chi connectivity index (χ0n) is 10.1. The summed E-state index contributed by atoms with van der Waals surface area (Å²) in [6.45, 7) is 3.10. The molecule has 90 valence electrons. The molecule has 0 radical (unpaired) electrons. The van der Waals surface area contributed by atoms with Gasteiger partial charge in [0.05, 0.1) is 0 Å². The molecule has 2 heteroatoms. The molecule has 0 amide bonds. The van der Waals surface area contributed by atoms with Crippen LogP contribution in [0.5, 0.6) is 0 Å². The molecule has 2 fully saturated rings. The molecule has 1 heterocycles. The maximum Gasteiger partial charge on any atom is 0.137 e. The van der Waals surface area contributed by atoms with Crippen molar-refractivity contribution >= 4 is 5.78 Å². The molecule has 2 aliphatic rings. The molecular formula is C15H19NO. The van der Waals surface area contributed by atoms with Gasteiger partial charge in [-0.2, -0.15) is 0 Å². The van der Waals surface area contributed by atoms with Crippen LogP contribution >= 0.6 is 0 Å². The number of likely N-dealkylation sites (tertiary alicyclic amines) is 1. The number of hydrogen-bond acceptors (Lipinski definition) is 2. The fourth-order valence-corrected chi connectivity index (χ4v) is 3.31. The van der Waals surface area contributed by atoms with Gasteiger partial charge in [0.15, 0.2) is 0 Å². The molecule has 0 N–H and O–H groups in total. The predicted molar refractivity (Wildman–Crippen MR) is 67.6 cm³/mol. The summed E-state index contributed by atoms with van der Waals surface area (Å²) in [7, 11) is 0. The Morgan fingerprint density at radius 3 is 2.76 bits per heavy atom. The molecule has 0 aromatic heterocycles. The Morgan fingerprint density at radius 2 is 2.00 bits per heavy atom. The molecule has 1 aromatic carbocycles. The van der Waals surface area contributed by atoms with Crippen LogP contribution in [0.4, 0.5) is 0 Å². The molecule has 1 saturated heterocycles. The first-order valence-electron chi connectivity index (χ1n) is 6.62. The van der Waals surface area contributed by atoms with Crippen LogP contribution < -0.4 is 0 Å². The van der Waals surface area contributed by atoms with E-state index in [1.165, 1.54) is 12.0 Å². The molecule has 2 nitrogen and oxygen atoms in total. The van der Waals surface area contributed by atoms with E-state index >= 15 is 0 Å². The lowest BCUT2D eigenvalue weighted by Crippen LogP contribution is -2.27. The first-order chi connectivity index (χ1) is 8.33. The Morgan fingerprint density at radius 1 is 1.18 bits per heavy atom. The van der Waals surface area contributed by atoms with Crippen LogP contribution in [0.25, 0.3) is 0 Å². The lowest BCUT2D eigenvalue weighted by molar-refractivity contribution is -0.125. The SMILES string of the molecule is O=C1CCC[C@H]2CN(Cc3ccccc3)C[C@@H]12. The third kappa shape index (κ3) is 2.27. The van der Waals surface area contributed by atoms with Gasteiger partial charge in [-0.15, -0.1) is 0 Å². The maximum absolute atomic E-state index is 11.8. The van der Waals surface area contributed by atoms with Gasteiger partial charge in [-0.3, -0.25) is 9.69 Å². The topological polar surface area (TPSA) is 20.3 Å². The summed E-state index contributed by atoms with van der Waals surface area (Å²) in [5, 5.41) is 0. The van der Waals surface area contributed by atoms with Crippen LogP contribution in [0.1, 0.15) is 24.8 Å². The maximum atomic E-state index is 11.8. The van der Waals surface area contributed by atoms with Crippen molar-refractivity contribution in [2.45, 2.75) is 25.8 Å². The van der Waals surface area contributed by atoms with Crippen molar-refractivity contribution in [3.05, 3.63) is 35.9 Å². The van der Waals surface area contributed by atoms with E-state index in [1.807, 2.05) is 0 Å². The number of benzene rings is 1. The van der Waals surface area contributed by atoms with E-state index in [1.54, 1.807) is 0 Å². The van der Waals surface area contributed by atoms with E-state index in [0.29, 0.717) is 17.6 Å². The number of carbonyl (C=O) groups is 1. The number of Topliss-reactive ketones (excluding diaryl/α,β-unsaturated/α-hetero) is 1. The fourth-order valence-electron chi connectivity index (χ4n) is 3.31. The summed E-state index contributed by atoms with van der Waals surface area (Å²) in [6, 6.07) is 10.6. The Kier molecular flexibility index (Phi) is 2.98.